The summed E-state index contributed by atoms with van der Waals surface area (Å²) in [6.45, 7) is 7.95. The molecule has 1 aliphatic rings. The van der Waals surface area contributed by atoms with Crippen LogP contribution in [-0.4, -0.2) is 19.7 Å². The van der Waals surface area contributed by atoms with Gasteiger partial charge in [-0.15, -0.1) is 0 Å². The number of rotatable bonds is 11. The Labute approximate surface area is 167 Å². The van der Waals surface area contributed by atoms with Gasteiger partial charge in [-0.2, -0.15) is 0 Å². The van der Waals surface area contributed by atoms with E-state index >= 15 is 0 Å². The maximum Gasteiger partial charge on any atom is 0.412 e. The molecular weight excluding hydrogens is 383 g/mol. The van der Waals surface area contributed by atoms with Crippen LogP contribution >= 0.6 is 19.2 Å². The van der Waals surface area contributed by atoms with Crippen LogP contribution in [0.3, 0.4) is 0 Å². The molecule has 1 aliphatic heterocycles. The first-order chi connectivity index (χ1) is 13.0. The molecule has 0 radical (unpaired) electrons. The van der Waals surface area contributed by atoms with Gasteiger partial charge in [-0.3, -0.25) is 4.52 Å². The molecule has 0 aromatic heterocycles. The maximum absolute atomic E-state index is 13.5. The number of benzene rings is 1. The third-order valence-corrected chi connectivity index (χ3v) is 6.38. The third kappa shape index (κ3) is 6.03. The molecule has 0 amide bonds. The molecule has 150 valence electrons. The van der Waals surface area contributed by atoms with Gasteiger partial charge in [0.2, 0.25) is 5.88 Å². The predicted octanol–water partition coefficient (Wildman–Crippen LogP) is 5.89. The summed E-state index contributed by atoms with van der Waals surface area (Å²) in [7, 11) is -3.48. The van der Waals surface area contributed by atoms with E-state index in [9.17, 15) is 4.57 Å². The Morgan fingerprint density at radius 3 is 2.26 bits per heavy atom. The monoisotopic (exact) mass is 412 g/mol. The molecule has 1 aromatic carbocycles. The summed E-state index contributed by atoms with van der Waals surface area (Å²) in [5.41, 5.74) is 1.58. The fourth-order valence-corrected chi connectivity index (χ4v) is 4.58. The zero-order chi connectivity index (χ0) is 19.7. The van der Waals surface area contributed by atoms with E-state index in [1.165, 1.54) is 0 Å². The van der Waals surface area contributed by atoms with Gasteiger partial charge in [0.25, 0.3) is 0 Å². The van der Waals surface area contributed by atoms with E-state index in [2.05, 4.69) is 24.5 Å². The van der Waals surface area contributed by atoms with Gasteiger partial charge in [0.1, 0.15) is 0 Å². The summed E-state index contributed by atoms with van der Waals surface area (Å²) in [4.78, 5) is 0. The molecule has 0 saturated heterocycles. The van der Waals surface area contributed by atoms with E-state index < -0.39 is 7.60 Å². The van der Waals surface area contributed by atoms with Crippen LogP contribution < -0.4 is 10.6 Å². The lowest BCUT2D eigenvalue weighted by molar-refractivity contribution is 0.246. The molecule has 7 heteroatoms. The first kappa shape index (κ1) is 21.9. The first-order valence-electron chi connectivity index (χ1n) is 9.68. The van der Waals surface area contributed by atoms with Gasteiger partial charge in [-0.05, 0) is 43.5 Å². The van der Waals surface area contributed by atoms with Crippen LogP contribution in [0.2, 0.25) is 5.02 Å². The highest BCUT2D eigenvalue weighted by Gasteiger charge is 2.38. The Bertz CT molecular complexity index is 716. The van der Waals surface area contributed by atoms with Crippen molar-refractivity contribution in [3.05, 3.63) is 52.5 Å². The van der Waals surface area contributed by atoms with E-state index in [1.54, 1.807) is 12.1 Å². The molecule has 1 heterocycles. The average Bonchev–Trinajstić information content (AvgIpc) is 2.65. The zero-order valence-corrected chi connectivity index (χ0v) is 18.0. The van der Waals surface area contributed by atoms with Crippen molar-refractivity contribution in [2.45, 2.75) is 46.5 Å². The molecule has 1 atom stereocenters. The second-order valence-electron chi connectivity index (χ2n) is 6.35. The first-order valence-corrected chi connectivity index (χ1v) is 11.6. The van der Waals surface area contributed by atoms with Crippen molar-refractivity contribution < 1.29 is 13.6 Å². The van der Waals surface area contributed by atoms with E-state index in [-0.39, 0.29) is 0 Å². The maximum atomic E-state index is 13.5. The molecule has 1 unspecified atom stereocenters. The van der Waals surface area contributed by atoms with Crippen molar-refractivity contribution in [3.63, 3.8) is 0 Å². The number of halogens is 1. The summed E-state index contributed by atoms with van der Waals surface area (Å²) in [6.07, 6.45) is 6.08. The van der Waals surface area contributed by atoms with Crippen molar-refractivity contribution >= 4 is 24.5 Å². The number of allylic oxidation sites excluding steroid dienone is 1. The minimum atomic E-state index is -3.48. The fourth-order valence-electron chi connectivity index (χ4n) is 2.67. The Morgan fingerprint density at radius 2 is 1.67 bits per heavy atom. The second kappa shape index (κ2) is 10.8. The smallest absolute Gasteiger partial charge is 0.403 e. The molecule has 2 N–H and O–H groups in total. The molecular formula is C20H30ClN2O3P. The number of hydrogen-bond acceptors (Lipinski definition) is 5. The van der Waals surface area contributed by atoms with Crippen LogP contribution in [-0.2, 0) is 13.6 Å². The SMILES string of the molecule is CCCCNC1=C(NCCCC)OP(=O)(OCC)C(c2ccc(Cl)cc2)=C1. The van der Waals surface area contributed by atoms with E-state index in [0.717, 1.165) is 50.0 Å². The Kier molecular flexibility index (Phi) is 8.75. The van der Waals surface area contributed by atoms with Crippen LogP contribution in [0, 0.1) is 0 Å². The normalized spacial score (nSPS) is 19.5. The summed E-state index contributed by atoms with van der Waals surface area (Å²) in [5.74, 6) is 0.494. The molecule has 5 nitrogen and oxygen atoms in total. The molecule has 0 saturated carbocycles. The number of unbranched alkanes of at least 4 members (excludes halogenated alkanes) is 2. The molecule has 2 rings (SSSR count). The Morgan fingerprint density at radius 1 is 1.04 bits per heavy atom. The van der Waals surface area contributed by atoms with Crippen molar-refractivity contribution in [2.24, 2.45) is 0 Å². The summed E-state index contributed by atoms with van der Waals surface area (Å²) >= 11 is 6.01. The van der Waals surface area contributed by atoms with Crippen LogP contribution in [0.4, 0.5) is 0 Å². The zero-order valence-electron chi connectivity index (χ0n) is 16.4. The van der Waals surface area contributed by atoms with Gasteiger partial charge < -0.3 is 15.2 Å². The highest BCUT2D eigenvalue weighted by atomic mass is 35.5. The largest absolute Gasteiger partial charge is 0.412 e. The summed E-state index contributed by atoms with van der Waals surface area (Å²) < 4.78 is 25.1. The van der Waals surface area contributed by atoms with Crippen molar-refractivity contribution in [1.82, 2.24) is 10.6 Å². The van der Waals surface area contributed by atoms with Crippen LogP contribution in [0.1, 0.15) is 52.0 Å². The Hall–Kier alpha value is -1.42. The van der Waals surface area contributed by atoms with E-state index in [1.807, 2.05) is 25.1 Å². The lowest BCUT2D eigenvalue weighted by atomic mass is 10.2. The molecule has 0 aliphatic carbocycles. The van der Waals surface area contributed by atoms with Crippen LogP contribution in [0.15, 0.2) is 41.9 Å². The minimum Gasteiger partial charge on any atom is -0.403 e. The molecule has 0 spiro atoms. The van der Waals surface area contributed by atoms with Crippen LogP contribution in [0.5, 0.6) is 0 Å². The van der Waals surface area contributed by atoms with Crippen LogP contribution in [0.25, 0.3) is 5.31 Å². The van der Waals surface area contributed by atoms with Crippen molar-refractivity contribution in [1.29, 1.82) is 0 Å². The van der Waals surface area contributed by atoms with Gasteiger partial charge in [-0.1, -0.05) is 50.4 Å². The topological polar surface area (TPSA) is 59.6 Å². The third-order valence-electron chi connectivity index (χ3n) is 4.13. The van der Waals surface area contributed by atoms with Gasteiger partial charge >= 0.3 is 7.60 Å². The van der Waals surface area contributed by atoms with E-state index in [0.29, 0.717) is 22.8 Å². The number of nitrogens with one attached hydrogen (secondary N) is 2. The van der Waals surface area contributed by atoms with Crippen molar-refractivity contribution in [3.8, 4) is 0 Å². The minimum absolute atomic E-state index is 0.295. The average molecular weight is 413 g/mol. The van der Waals surface area contributed by atoms with Gasteiger partial charge in [0, 0.05) is 18.1 Å². The standard InChI is InChI=1S/C20H30ClN2O3P/c1-4-7-13-22-18-15-19(16-9-11-17(21)12-10-16)27(24,25-6-3)26-20(18)23-14-8-5-2/h9-12,15,22-23H,4-8,13-14H2,1-3H3. The Balaban J connectivity index is 2.41. The lowest BCUT2D eigenvalue weighted by Crippen LogP contribution is -2.27. The molecule has 0 fully saturated rings. The van der Waals surface area contributed by atoms with Gasteiger partial charge in [0.15, 0.2) is 0 Å². The highest BCUT2D eigenvalue weighted by Crippen LogP contribution is 2.63. The fraction of sp³-hybridized carbons (Fsp3) is 0.500. The molecule has 1 aromatic rings. The summed E-state index contributed by atoms with van der Waals surface area (Å²) in [6, 6.07) is 7.22. The summed E-state index contributed by atoms with van der Waals surface area (Å²) in [5, 5.41) is 7.84. The van der Waals surface area contributed by atoms with Gasteiger partial charge in [0.05, 0.1) is 17.6 Å². The molecule has 0 bridgehead atoms. The highest BCUT2D eigenvalue weighted by molar-refractivity contribution is 7.65. The second-order valence-corrected chi connectivity index (χ2v) is 8.70. The quantitative estimate of drug-likeness (QED) is 0.350. The number of hydrogen-bond donors (Lipinski definition) is 2. The lowest BCUT2D eigenvalue weighted by Gasteiger charge is -2.29. The van der Waals surface area contributed by atoms with Gasteiger partial charge in [-0.25, -0.2) is 4.57 Å². The molecule has 27 heavy (non-hydrogen) atoms. The van der Waals surface area contributed by atoms with E-state index in [4.69, 9.17) is 20.6 Å². The van der Waals surface area contributed by atoms with Crippen molar-refractivity contribution in [2.75, 3.05) is 19.7 Å². The predicted molar refractivity (Wildman–Crippen MR) is 113 cm³/mol.